The summed E-state index contributed by atoms with van der Waals surface area (Å²) >= 11 is 1.73. The maximum atomic E-state index is 11.9. The third-order valence-electron chi connectivity index (χ3n) is 3.23. The molecule has 0 bridgehead atoms. The molecule has 5 heteroatoms. The Hall–Kier alpha value is -2.01. The monoisotopic (exact) mass is 303 g/mol. The molecule has 0 unspecified atom stereocenters. The number of hydrogen-bond acceptors (Lipinski definition) is 4. The number of ether oxygens (including phenoxy) is 2. The fraction of sp³-hybridized carbons (Fsp3) is 0.312. The van der Waals surface area contributed by atoms with Gasteiger partial charge in [-0.1, -0.05) is 6.07 Å². The SMILES string of the molecule is O=C(CCCc1cccs1)Nc1ccc2c(c1)OCCO2. The highest BCUT2D eigenvalue weighted by atomic mass is 32.1. The average Bonchev–Trinajstić information content (AvgIpc) is 3.00. The molecule has 1 amide bonds. The highest BCUT2D eigenvalue weighted by Crippen LogP contribution is 2.32. The highest BCUT2D eigenvalue weighted by molar-refractivity contribution is 7.09. The van der Waals surface area contributed by atoms with Crippen LogP contribution in [0.4, 0.5) is 5.69 Å². The Bertz CT molecular complexity index is 610. The van der Waals surface area contributed by atoms with Gasteiger partial charge in [-0.3, -0.25) is 4.79 Å². The molecule has 0 atom stereocenters. The second-order valence-electron chi connectivity index (χ2n) is 4.84. The van der Waals surface area contributed by atoms with Crippen LogP contribution < -0.4 is 14.8 Å². The third-order valence-corrected chi connectivity index (χ3v) is 4.17. The Balaban J connectivity index is 1.50. The average molecular weight is 303 g/mol. The summed E-state index contributed by atoms with van der Waals surface area (Å²) in [6.07, 6.45) is 2.33. The second-order valence-corrected chi connectivity index (χ2v) is 5.87. The zero-order chi connectivity index (χ0) is 14.5. The molecular formula is C16H17NO3S. The van der Waals surface area contributed by atoms with Gasteiger partial charge in [0.1, 0.15) is 13.2 Å². The summed E-state index contributed by atoms with van der Waals surface area (Å²) in [6, 6.07) is 9.62. The number of fused-ring (bicyclic) bond motifs is 1. The fourth-order valence-electron chi connectivity index (χ4n) is 2.22. The van der Waals surface area contributed by atoms with Crippen molar-refractivity contribution < 1.29 is 14.3 Å². The summed E-state index contributed by atoms with van der Waals surface area (Å²) in [5.74, 6) is 1.46. The number of anilines is 1. The van der Waals surface area contributed by atoms with Crippen molar-refractivity contribution in [2.75, 3.05) is 18.5 Å². The van der Waals surface area contributed by atoms with E-state index in [0.29, 0.717) is 25.4 Å². The first-order valence-corrected chi connectivity index (χ1v) is 7.91. The Labute approximate surface area is 127 Å². The van der Waals surface area contributed by atoms with Gasteiger partial charge in [-0.05, 0) is 36.4 Å². The summed E-state index contributed by atoms with van der Waals surface area (Å²) in [5, 5.41) is 4.96. The molecule has 1 aromatic carbocycles. The van der Waals surface area contributed by atoms with Crippen LogP contribution in [0.3, 0.4) is 0 Å². The first-order valence-electron chi connectivity index (χ1n) is 7.03. The molecule has 1 N–H and O–H groups in total. The Morgan fingerprint density at radius 2 is 2.05 bits per heavy atom. The van der Waals surface area contributed by atoms with Gasteiger partial charge in [-0.25, -0.2) is 0 Å². The molecule has 1 aliphatic rings. The van der Waals surface area contributed by atoms with E-state index in [2.05, 4.69) is 16.8 Å². The Morgan fingerprint density at radius 3 is 2.86 bits per heavy atom. The molecule has 0 spiro atoms. The number of carbonyl (C=O) groups is 1. The van der Waals surface area contributed by atoms with Crippen molar-refractivity contribution in [1.82, 2.24) is 0 Å². The number of hydrogen-bond donors (Lipinski definition) is 1. The first-order chi connectivity index (χ1) is 10.3. The van der Waals surface area contributed by atoms with Crippen LogP contribution in [-0.2, 0) is 11.2 Å². The molecule has 0 aliphatic carbocycles. The Kier molecular flexibility index (Phi) is 4.40. The topological polar surface area (TPSA) is 47.6 Å². The molecule has 4 nitrogen and oxygen atoms in total. The molecule has 110 valence electrons. The summed E-state index contributed by atoms with van der Waals surface area (Å²) < 4.78 is 11.0. The van der Waals surface area contributed by atoms with Crippen molar-refractivity contribution in [1.29, 1.82) is 0 Å². The molecule has 21 heavy (non-hydrogen) atoms. The smallest absolute Gasteiger partial charge is 0.224 e. The normalized spacial score (nSPS) is 13.0. The molecular weight excluding hydrogens is 286 g/mol. The van der Waals surface area contributed by atoms with Crippen molar-refractivity contribution >= 4 is 22.9 Å². The van der Waals surface area contributed by atoms with Gasteiger partial charge >= 0.3 is 0 Å². The first kappa shape index (κ1) is 13.9. The number of nitrogens with one attached hydrogen (secondary N) is 1. The largest absolute Gasteiger partial charge is 0.486 e. The van der Waals surface area contributed by atoms with Crippen molar-refractivity contribution in [3.8, 4) is 11.5 Å². The summed E-state index contributed by atoms with van der Waals surface area (Å²) in [5.41, 5.74) is 0.750. The van der Waals surface area contributed by atoms with Crippen LogP contribution in [0.1, 0.15) is 17.7 Å². The van der Waals surface area contributed by atoms with Crippen LogP contribution in [0.5, 0.6) is 11.5 Å². The maximum Gasteiger partial charge on any atom is 0.224 e. The van der Waals surface area contributed by atoms with E-state index in [1.54, 1.807) is 11.3 Å². The van der Waals surface area contributed by atoms with Crippen LogP contribution in [0.15, 0.2) is 35.7 Å². The predicted molar refractivity (Wildman–Crippen MR) is 83.3 cm³/mol. The maximum absolute atomic E-state index is 11.9. The summed E-state index contributed by atoms with van der Waals surface area (Å²) in [4.78, 5) is 13.3. The van der Waals surface area contributed by atoms with E-state index < -0.39 is 0 Å². The van der Waals surface area contributed by atoms with Gasteiger partial charge in [0.05, 0.1) is 0 Å². The van der Waals surface area contributed by atoms with E-state index in [-0.39, 0.29) is 5.91 Å². The lowest BCUT2D eigenvalue weighted by Crippen LogP contribution is -2.16. The van der Waals surface area contributed by atoms with Crippen LogP contribution in [0.25, 0.3) is 0 Å². The number of carbonyl (C=O) groups excluding carboxylic acids is 1. The van der Waals surface area contributed by atoms with Crippen LogP contribution >= 0.6 is 11.3 Å². The molecule has 0 fully saturated rings. The van der Waals surface area contributed by atoms with Crippen LogP contribution in [0, 0.1) is 0 Å². The Morgan fingerprint density at radius 1 is 1.19 bits per heavy atom. The quantitative estimate of drug-likeness (QED) is 0.920. The highest BCUT2D eigenvalue weighted by Gasteiger charge is 2.12. The van der Waals surface area contributed by atoms with Gasteiger partial charge in [-0.15, -0.1) is 11.3 Å². The number of thiophene rings is 1. The number of aryl methyl sites for hydroxylation is 1. The lowest BCUT2D eigenvalue weighted by Gasteiger charge is -2.19. The lowest BCUT2D eigenvalue weighted by atomic mass is 10.2. The molecule has 1 aromatic heterocycles. The molecule has 2 aromatic rings. The minimum atomic E-state index is 0.0308. The van der Waals surface area contributed by atoms with Gasteiger partial charge in [-0.2, -0.15) is 0 Å². The van der Waals surface area contributed by atoms with Gasteiger partial charge in [0.2, 0.25) is 5.91 Å². The fourth-order valence-corrected chi connectivity index (χ4v) is 2.97. The van der Waals surface area contributed by atoms with E-state index in [4.69, 9.17) is 9.47 Å². The van der Waals surface area contributed by atoms with Crippen molar-refractivity contribution in [2.24, 2.45) is 0 Å². The van der Waals surface area contributed by atoms with Crippen LogP contribution in [-0.4, -0.2) is 19.1 Å². The van der Waals surface area contributed by atoms with Crippen molar-refractivity contribution in [3.05, 3.63) is 40.6 Å². The summed E-state index contributed by atoms with van der Waals surface area (Å²) in [7, 11) is 0. The molecule has 0 saturated carbocycles. The molecule has 1 aliphatic heterocycles. The number of benzene rings is 1. The molecule has 0 saturated heterocycles. The minimum Gasteiger partial charge on any atom is -0.486 e. The second kappa shape index (κ2) is 6.63. The van der Waals surface area contributed by atoms with Crippen LogP contribution in [0.2, 0.25) is 0 Å². The van der Waals surface area contributed by atoms with E-state index in [0.717, 1.165) is 24.3 Å². The van der Waals surface area contributed by atoms with Crippen molar-refractivity contribution in [3.63, 3.8) is 0 Å². The standard InChI is InChI=1S/C16H17NO3S/c18-16(5-1-3-13-4-2-10-21-13)17-12-6-7-14-15(11-12)20-9-8-19-14/h2,4,6-7,10-11H,1,3,5,8-9H2,(H,17,18). The van der Waals surface area contributed by atoms with Gasteiger partial charge in [0.25, 0.3) is 0 Å². The van der Waals surface area contributed by atoms with E-state index in [9.17, 15) is 4.79 Å². The van der Waals surface area contributed by atoms with Gasteiger partial charge in [0.15, 0.2) is 11.5 Å². The van der Waals surface area contributed by atoms with E-state index >= 15 is 0 Å². The van der Waals surface area contributed by atoms with Gasteiger partial charge < -0.3 is 14.8 Å². The predicted octanol–water partition coefficient (Wildman–Crippen LogP) is 3.48. The zero-order valence-corrected chi connectivity index (χ0v) is 12.4. The zero-order valence-electron chi connectivity index (χ0n) is 11.6. The molecule has 3 rings (SSSR count). The number of amides is 1. The number of rotatable bonds is 5. The third kappa shape index (κ3) is 3.76. The van der Waals surface area contributed by atoms with E-state index in [1.807, 2.05) is 24.3 Å². The lowest BCUT2D eigenvalue weighted by molar-refractivity contribution is -0.116. The summed E-state index contributed by atoms with van der Waals surface area (Å²) in [6.45, 7) is 1.12. The minimum absolute atomic E-state index is 0.0308. The van der Waals surface area contributed by atoms with Gasteiger partial charge in [0, 0.05) is 23.1 Å². The molecule has 0 radical (unpaired) electrons. The van der Waals surface area contributed by atoms with Crippen molar-refractivity contribution in [2.45, 2.75) is 19.3 Å². The van der Waals surface area contributed by atoms with E-state index in [1.165, 1.54) is 4.88 Å². The molecule has 2 heterocycles.